The highest BCUT2D eigenvalue weighted by molar-refractivity contribution is 6.30. The number of aryl methyl sites for hydroxylation is 2. The minimum Gasteiger partial charge on any atom is -0.317 e. The quantitative estimate of drug-likeness (QED) is 0.884. The summed E-state index contributed by atoms with van der Waals surface area (Å²) < 4.78 is 0. The zero-order valence-electron chi connectivity index (χ0n) is 13.0. The van der Waals surface area contributed by atoms with Gasteiger partial charge in [-0.1, -0.05) is 11.6 Å². The number of hydrogen-bond donors (Lipinski definition) is 1. The van der Waals surface area contributed by atoms with Gasteiger partial charge in [-0.25, -0.2) is 0 Å². The molecule has 0 aromatic heterocycles. The first kappa shape index (κ1) is 17.1. The molecule has 0 atom stereocenters. The normalized spacial score (nSPS) is 21.5. The first-order chi connectivity index (χ1) is 9.58. The van der Waals surface area contributed by atoms with Crippen molar-refractivity contribution in [2.75, 3.05) is 26.2 Å². The number of nitrogens with zero attached hydrogens (tertiary/aromatic N) is 1. The number of rotatable bonds is 2. The van der Waals surface area contributed by atoms with E-state index in [0.29, 0.717) is 5.41 Å². The number of piperidine rings is 1. The van der Waals surface area contributed by atoms with Crippen LogP contribution in [0.5, 0.6) is 0 Å². The zero-order valence-corrected chi connectivity index (χ0v) is 14.6. The predicted octanol–water partition coefficient (Wildman–Crippen LogP) is 3.95. The molecule has 0 saturated carbocycles. The fraction of sp³-hybridized carbons (Fsp3) is 0.647. The molecule has 3 rings (SSSR count). The van der Waals surface area contributed by atoms with E-state index < -0.39 is 0 Å². The lowest BCUT2D eigenvalue weighted by molar-refractivity contribution is 0.193. The second-order valence-corrected chi connectivity index (χ2v) is 7.17. The standard InChI is InChI=1S/C17H25ClN2.ClH/c1-13-9-15(18)10-14(2)16(13)11-20-8-5-17(12-20)3-6-19-7-4-17;/h9-10,19H,3-8,11-12H2,1-2H3;1H. The SMILES string of the molecule is Cc1cc(Cl)cc(C)c1CN1CCC2(CCNCC2)C1.Cl. The van der Waals surface area contributed by atoms with Crippen LogP contribution in [0.4, 0.5) is 0 Å². The van der Waals surface area contributed by atoms with Crippen molar-refractivity contribution in [3.05, 3.63) is 33.8 Å². The Labute approximate surface area is 139 Å². The van der Waals surface area contributed by atoms with Gasteiger partial charge < -0.3 is 5.32 Å². The summed E-state index contributed by atoms with van der Waals surface area (Å²) >= 11 is 6.13. The summed E-state index contributed by atoms with van der Waals surface area (Å²) in [7, 11) is 0. The van der Waals surface area contributed by atoms with Gasteiger partial charge in [0.15, 0.2) is 0 Å². The molecule has 1 spiro atoms. The van der Waals surface area contributed by atoms with Gasteiger partial charge in [-0.2, -0.15) is 0 Å². The van der Waals surface area contributed by atoms with Gasteiger partial charge in [-0.15, -0.1) is 12.4 Å². The van der Waals surface area contributed by atoms with E-state index in [0.717, 1.165) is 11.6 Å². The maximum atomic E-state index is 6.13. The van der Waals surface area contributed by atoms with Crippen molar-refractivity contribution in [3.63, 3.8) is 0 Å². The average Bonchev–Trinajstić information content (AvgIpc) is 2.77. The van der Waals surface area contributed by atoms with Crippen molar-refractivity contribution >= 4 is 24.0 Å². The minimum absolute atomic E-state index is 0. The minimum atomic E-state index is 0. The predicted molar refractivity (Wildman–Crippen MR) is 92.6 cm³/mol. The fourth-order valence-corrected chi connectivity index (χ4v) is 4.27. The van der Waals surface area contributed by atoms with Gasteiger partial charge in [0.25, 0.3) is 0 Å². The third-order valence-corrected chi connectivity index (χ3v) is 5.44. The van der Waals surface area contributed by atoms with E-state index in [1.165, 1.54) is 62.1 Å². The van der Waals surface area contributed by atoms with Crippen molar-refractivity contribution < 1.29 is 0 Å². The van der Waals surface area contributed by atoms with E-state index in [1.54, 1.807) is 0 Å². The molecule has 0 aliphatic carbocycles. The highest BCUT2D eigenvalue weighted by atomic mass is 35.5. The van der Waals surface area contributed by atoms with Crippen molar-refractivity contribution in [1.82, 2.24) is 10.2 Å². The fourth-order valence-electron chi connectivity index (χ4n) is 3.94. The molecule has 118 valence electrons. The molecule has 2 fully saturated rings. The Morgan fingerprint density at radius 1 is 1.14 bits per heavy atom. The molecule has 0 radical (unpaired) electrons. The Bertz CT molecular complexity index is 473. The first-order valence-corrected chi connectivity index (χ1v) is 8.15. The third-order valence-electron chi connectivity index (χ3n) is 5.22. The van der Waals surface area contributed by atoms with Crippen LogP contribution in [0.3, 0.4) is 0 Å². The molecule has 1 aromatic rings. The zero-order chi connectivity index (χ0) is 14.2. The number of benzene rings is 1. The molecule has 1 aromatic carbocycles. The van der Waals surface area contributed by atoms with Crippen LogP contribution in [0.15, 0.2) is 12.1 Å². The van der Waals surface area contributed by atoms with Crippen LogP contribution in [0.25, 0.3) is 0 Å². The van der Waals surface area contributed by atoms with E-state index in [4.69, 9.17) is 11.6 Å². The molecule has 4 heteroatoms. The van der Waals surface area contributed by atoms with Gasteiger partial charge in [-0.05, 0) is 87.0 Å². The van der Waals surface area contributed by atoms with Crippen molar-refractivity contribution in [1.29, 1.82) is 0 Å². The lowest BCUT2D eigenvalue weighted by Crippen LogP contribution is -2.38. The summed E-state index contributed by atoms with van der Waals surface area (Å²) in [5, 5.41) is 4.35. The largest absolute Gasteiger partial charge is 0.317 e. The molecule has 2 nitrogen and oxygen atoms in total. The van der Waals surface area contributed by atoms with Gasteiger partial charge in [0.2, 0.25) is 0 Å². The Kier molecular flexibility index (Phi) is 5.59. The van der Waals surface area contributed by atoms with Gasteiger partial charge in [-0.3, -0.25) is 4.90 Å². The van der Waals surface area contributed by atoms with Crippen LogP contribution < -0.4 is 5.32 Å². The molecule has 2 aliphatic rings. The van der Waals surface area contributed by atoms with Gasteiger partial charge >= 0.3 is 0 Å². The summed E-state index contributed by atoms with van der Waals surface area (Å²) in [5.74, 6) is 0. The summed E-state index contributed by atoms with van der Waals surface area (Å²) in [6.45, 7) is 10.4. The summed E-state index contributed by atoms with van der Waals surface area (Å²) in [6, 6.07) is 4.19. The molecule has 21 heavy (non-hydrogen) atoms. The van der Waals surface area contributed by atoms with Crippen LogP contribution >= 0.6 is 24.0 Å². The maximum absolute atomic E-state index is 6.13. The van der Waals surface area contributed by atoms with Crippen molar-refractivity contribution in [3.8, 4) is 0 Å². The lowest BCUT2D eigenvalue weighted by Gasteiger charge is -2.34. The second kappa shape index (κ2) is 6.87. The molecular weight excluding hydrogens is 303 g/mol. The number of halogens is 2. The topological polar surface area (TPSA) is 15.3 Å². The first-order valence-electron chi connectivity index (χ1n) is 7.77. The smallest absolute Gasteiger partial charge is 0.0411 e. The third kappa shape index (κ3) is 3.73. The Morgan fingerprint density at radius 3 is 2.38 bits per heavy atom. The summed E-state index contributed by atoms with van der Waals surface area (Å²) in [6.07, 6.45) is 4.07. The molecule has 0 bridgehead atoms. The van der Waals surface area contributed by atoms with Crippen LogP contribution in [0.2, 0.25) is 5.02 Å². The second-order valence-electron chi connectivity index (χ2n) is 6.73. The highest BCUT2D eigenvalue weighted by Crippen LogP contribution is 2.39. The number of hydrogen-bond acceptors (Lipinski definition) is 2. The van der Waals surface area contributed by atoms with Crippen LogP contribution in [0, 0.1) is 19.3 Å². The summed E-state index contributed by atoms with van der Waals surface area (Å²) in [5.41, 5.74) is 4.74. The highest BCUT2D eigenvalue weighted by Gasteiger charge is 2.38. The molecule has 0 amide bonds. The number of likely N-dealkylation sites (tertiary alicyclic amines) is 1. The monoisotopic (exact) mass is 328 g/mol. The van der Waals surface area contributed by atoms with Crippen LogP contribution in [-0.2, 0) is 6.54 Å². The van der Waals surface area contributed by atoms with E-state index in [1.807, 2.05) is 0 Å². The Balaban J connectivity index is 0.00000161. The van der Waals surface area contributed by atoms with E-state index in [-0.39, 0.29) is 12.4 Å². The summed E-state index contributed by atoms with van der Waals surface area (Å²) in [4.78, 5) is 2.65. The van der Waals surface area contributed by atoms with Gasteiger partial charge in [0.1, 0.15) is 0 Å². The van der Waals surface area contributed by atoms with Crippen LogP contribution in [0.1, 0.15) is 36.0 Å². The van der Waals surface area contributed by atoms with E-state index >= 15 is 0 Å². The van der Waals surface area contributed by atoms with E-state index in [2.05, 4.69) is 36.2 Å². The molecule has 1 N–H and O–H groups in total. The Morgan fingerprint density at radius 2 is 1.76 bits per heavy atom. The molecule has 2 aliphatic heterocycles. The molecule has 2 heterocycles. The van der Waals surface area contributed by atoms with Gasteiger partial charge in [0.05, 0.1) is 0 Å². The lowest BCUT2D eigenvalue weighted by atomic mass is 9.78. The van der Waals surface area contributed by atoms with Crippen LogP contribution in [-0.4, -0.2) is 31.1 Å². The average molecular weight is 329 g/mol. The molecule has 0 unspecified atom stereocenters. The number of nitrogens with one attached hydrogen (secondary N) is 1. The maximum Gasteiger partial charge on any atom is 0.0411 e. The Hall–Kier alpha value is -0.280. The van der Waals surface area contributed by atoms with Crippen molar-refractivity contribution in [2.45, 2.75) is 39.7 Å². The van der Waals surface area contributed by atoms with Gasteiger partial charge in [0, 0.05) is 18.1 Å². The molecule has 2 saturated heterocycles. The van der Waals surface area contributed by atoms with E-state index in [9.17, 15) is 0 Å². The molecular formula is C17H26Cl2N2. The van der Waals surface area contributed by atoms with Crippen molar-refractivity contribution in [2.24, 2.45) is 5.41 Å².